The summed E-state index contributed by atoms with van der Waals surface area (Å²) in [4.78, 5) is 40.1. The summed E-state index contributed by atoms with van der Waals surface area (Å²) in [5.41, 5.74) is -2.77. The van der Waals surface area contributed by atoms with E-state index in [1.807, 2.05) is 0 Å². The minimum atomic E-state index is -1.62. The van der Waals surface area contributed by atoms with Gasteiger partial charge in [0.1, 0.15) is 29.1 Å². The molecule has 0 unspecified atom stereocenters. The van der Waals surface area contributed by atoms with Crippen LogP contribution in [0.5, 0.6) is 0 Å². The fourth-order valence-electron chi connectivity index (χ4n) is 2.53. The minimum absolute atomic E-state index is 0. The standard InChI is InChI=1S/C17H14F2N4O4.ClH/c1-17(2,16(26)27)22-15(25)13-12(24)6-11(23-14(13)20-7-21-23)8-3-9(18)5-10(19)4-8;/h3-7H,1-2H3,(H,20,21)(H,22,25)(H,26,27);1H. The lowest BCUT2D eigenvalue weighted by Gasteiger charge is -2.21. The number of aromatic nitrogens is 3. The normalized spacial score (nSPS) is 11.1. The highest BCUT2D eigenvalue weighted by Gasteiger charge is 2.31. The van der Waals surface area contributed by atoms with Gasteiger partial charge >= 0.3 is 5.97 Å². The fourth-order valence-corrected chi connectivity index (χ4v) is 2.53. The minimum Gasteiger partial charge on any atom is -0.480 e. The van der Waals surface area contributed by atoms with Gasteiger partial charge in [-0.1, -0.05) is 0 Å². The van der Waals surface area contributed by atoms with E-state index in [4.69, 9.17) is 5.11 Å². The zero-order valence-electron chi connectivity index (χ0n) is 14.6. The number of hydrogen-bond donors (Lipinski definition) is 3. The fraction of sp³-hybridized carbons (Fsp3) is 0.176. The summed E-state index contributed by atoms with van der Waals surface area (Å²) in [6.45, 7) is 2.52. The Bertz CT molecular complexity index is 1120. The van der Waals surface area contributed by atoms with E-state index in [-0.39, 0.29) is 29.3 Å². The first-order valence-electron chi connectivity index (χ1n) is 7.71. The Kier molecular flexibility index (Phi) is 5.55. The van der Waals surface area contributed by atoms with E-state index in [0.29, 0.717) is 6.07 Å². The predicted octanol–water partition coefficient (Wildman–Crippen LogP) is 1.98. The van der Waals surface area contributed by atoms with Crippen molar-refractivity contribution in [1.29, 1.82) is 0 Å². The number of nitrogens with one attached hydrogen (secondary N) is 2. The van der Waals surface area contributed by atoms with Gasteiger partial charge in [-0.05, 0) is 26.0 Å². The van der Waals surface area contributed by atoms with E-state index in [0.717, 1.165) is 18.2 Å². The number of carboxylic acids is 1. The van der Waals surface area contributed by atoms with Gasteiger partial charge < -0.3 is 10.4 Å². The number of hydrogen-bond acceptors (Lipinski definition) is 4. The summed E-state index contributed by atoms with van der Waals surface area (Å²) in [6.07, 6.45) is 1.19. The highest BCUT2D eigenvalue weighted by atomic mass is 35.5. The molecule has 0 aliphatic heterocycles. The third-order valence-electron chi connectivity index (χ3n) is 3.91. The number of carbonyl (C=O) groups is 2. The molecule has 0 radical (unpaired) electrons. The van der Waals surface area contributed by atoms with Gasteiger partial charge in [0.25, 0.3) is 5.91 Å². The number of aromatic amines is 1. The molecule has 3 N–H and O–H groups in total. The molecule has 0 atom stereocenters. The van der Waals surface area contributed by atoms with E-state index in [1.54, 1.807) is 0 Å². The summed E-state index contributed by atoms with van der Waals surface area (Å²) < 4.78 is 28.3. The maximum atomic E-state index is 13.5. The van der Waals surface area contributed by atoms with Crippen LogP contribution in [0.25, 0.3) is 16.9 Å². The number of carboxylic acid groups (broad SMARTS) is 1. The molecule has 28 heavy (non-hydrogen) atoms. The quantitative estimate of drug-likeness (QED) is 0.606. The third-order valence-corrected chi connectivity index (χ3v) is 3.91. The number of rotatable bonds is 4. The lowest BCUT2D eigenvalue weighted by molar-refractivity contribution is -0.143. The maximum Gasteiger partial charge on any atom is 0.328 e. The van der Waals surface area contributed by atoms with Crippen LogP contribution >= 0.6 is 12.4 Å². The lowest BCUT2D eigenvalue weighted by atomic mass is 10.0. The van der Waals surface area contributed by atoms with Crippen LogP contribution in [0.3, 0.4) is 0 Å². The summed E-state index contributed by atoms with van der Waals surface area (Å²) in [7, 11) is 0. The molecular formula is C17H15ClF2N4O4. The van der Waals surface area contributed by atoms with Gasteiger partial charge in [0, 0.05) is 17.7 Å². The molecule has 1 amide bonds. The van der Waals surface area contributed by atoms with Crippen molar-refractivity contribution >= 4 is 29.9 Å². The predicted molar refractivity (Wildman–Crippen MR) is 97.6 cm³/mol. The van der Waals surface area contributed by atoms with Gasteiger partial charge in [0.15, 0.2) is 11.1 Å². The molecule has 0 bridgehead atoms. The first-order chi connectivity index (χ1) is 12.6. The van der Waals surface area contributed by atoms with E-state index < -0.39 is 40.0 Å². The molecule has 1 aromatic carbocycles. The molecule has 2 aromatic heterocycles. The van der Waals surface area contributed by atoms with Crippen LogP contribution in [-0.2, 0) is 4.79 Å². The second kappa shape index (κ2) is 7.39. The van der Waals surface area contributed by atoms with Crippen molar-refractivity contribution in [2.45, 2.75) is 19.4 Å². The van der Waals surface area contributed by atoms with Crippen molar-refractivity contribution in [3.8, 4) is 11.3 Å². The van der Waals surface area contributed by atoms with Gasteiger partial charge in [0.2, 0.25) is 0 Å². The number of H-pyrrole nitrogens is 1. The number of nitrogens with zero attached hydrogens (tertiary/aromatic N) is 2. The van der Waals surface area contributed by atoms with Crippen molar-refractivity contribution in [3.63, 3.8) is 0 Å². The Labute approximate surface area is 162 Å². The van der Waals surface area contributed by atoms with Crippen molar-refractivity contribution in [1.82, 2.24) is 19.9 Å². The largest absolute Gasteiger partial charge is 0.480 e. The Hall–Kier alpha value is -3.27. The molecule has 2 heterocycles. The van der Waals surface area contributed by atoms with E-state index >= 15 is 0 Å². The zero-order chi connectivity index (χ0) is 19.9. The zero-order valence-corrected chi connectivity index (χ0v) is 15.4. The Morgan fingerprint density at radius 2 is 1.79 bits per heavy atom. The van der Waals surface area contributed by atoms with Crippen LogP contribution in [0.4, 0.5) is 8.78 Å². The van der Waals surface area contributed by atoms with Gasteiger partial charge in [-0.15, -0.1) is 12.4 Å². The molecule has 0 saturated heterocycles. The number of pyridine rings is 1. The molecule has 8 nitrogen and oxygen atoms in total. The number of benzene rings is 1. The molecule has 3 aromatic rings. The van der Waals surface area contributed by atoms with Gasteiger partial charge in [-0.3, -0.25) is 14.7 Å². The van der Waals surface area contributed by atoms with Crippen LogP contribution in [0.15, 0.2) is 35.4 Å². The third kappa shape index (κ3) is 3.72. The van der Waals surface area contributed by atoms with Gasteiger partial charge in [-0.25, -0.2) is 23.1 Å². The molecule has 0 aliphatic rings. The van der Waals surface area contributed by atoms with Crippen molar-refractivity contribution < 1.29 is 23.5 Å². The summed E-state index contributed by atoms with van der Waals surface area (Å²) in [5, 5.41) is 14.0. The average molecular weight is 413 g/mol. The smallest absolute Gasteiger partial charge is 0.328 e. The Morgan fingerprint density at radius 1 is 1.18 bits per heavy atom. The van der Waals surface area contributed by atoms with Crippen molar-refractivity contribution in [3.05, 3.63) is 58.0 Å². The summed E-state index contributed by atoms with van der Waals surface area (Å²) >= 11 is 0. The second-order valence-corrected chi connectivity index (χ2v) is 6.36. The first-order valence-corrected chi connectivity index (χ1v) is 7.71. The summed E-state index contributed by atoms with van der Waals surface area (Å²) in [5.74, 6) is -3.90. The highest BCUT2D eigenvalue weighted by Crippen LogP contribution is 2.22. The van der Waals surface area contributed by atoms with E-state index in [2.05, 4.69) is 15.4 Å². The number of fused-ring (bicyclic) bond motifs is 1. The number of carbonyl (C=O) groups excluding carboxylic acids is 1. The topological polar surface area (TPSA) is 117 Å². The maximum absolute atomic E-state index is 13.5. The van der Waals surface area contributed by atoms with Crippen LogP contribution in [0.2, 0.25) is 0 Å². The molecular weight excluding hydrogens is 398 g/mol. The van der Waals surface area contributed by atoms with Crippen LogP contribution in [0.1, 0.15) is 24.2 Å². The molecule has 0 aliphatic carbocycles. The Balaban J connectivity index is 0.00000280. The second-order valence-electron chi connectivity index (χ2n) is 6.36. The highest BCUT2D eigenvalue weighted by molar-refractivity contribution is 6.02. The molecule has 0 spiro atoms. The lowest BCUT2D eigenvalue weighted by Crippen LogP contribution is -2.50. The van der Waals surface area contributed by atoms with Crippen LogP contribution in [0, 0.1) is 11.6 Å². The van der Waals surface area contributed by atoms with Gasteiger partial charge in [0.05, 0.1) is 5.69 Å². The Morgan fingerprint density at radius 3 is 2.36 bits per heavy atom. The molecule has 3 rings (SSSR count). The van der Waals surface area contributed by atoms with E-state index in [1.165, 1.54) is 24.7 Å². The molecule has 0 saturated carbocycles. The van der Waals surface area contributed by atoms with E-state index in [9.17, 15) is 23.2 Å². The number of amides is 1. The van der Waals surface area contributed by atoms with Crippen LogP contribution < -0.4 is 10.7 Å². The number of aliphatic carboxylic acids is 1. The van der Waals surface area contributed by atoms with Gasteiger partial charge in [-0.2, -0.15) is 0 Å². The van der Waals surface area contributed by atoms with Crippen LogP contribution in [-0.4, -0.2) is 37.1 Å². The molecule has 0 fully saturated rings. The molecule has 148 valence electrons. The first kappa shape index (κ1) is 21.0. The average Bonchev–Trinajstić information content (AvgIpc) is 3.01. The van der Waals surface area contributed by atoms with Crippen molar-refractivity contribution in [2.75, 3.05) is 0 Å². The van der Waals surface area contributed by atoms with Crippen molar-refractivity contribution in [2.24, 2.45) is 0 Å². The SMILES string of the molecule is CC(C)(NC(=O)c1c(=O)cc(-c2cc(F)cc(F)c2)n2[nH]cnc12)C(=O)O.Cl. The monoisotopic (exact) mass is 412 g/mol. The number of halogens is 3. The molecule has 11 heteroatoms. The summed E-state index contributed by atoms with van der Waals surface area (Å²) in [6, 6.07) is 3.76.